The Labute approximate surface area is 91.9 Å². The van der Waals surface area contributed by atoms with Crippen LogP contribution in [0.2, 0.25) is 0 Å². The van der Waals surface area contributed by atoms with Crippen LogP contribution >= 0.6 is 0 Å². The molecule has 0 radical (unpaired) electrons. The van der Waals surface area contributed by atoms with Gasteiger partial charge in [-0.05, 0) is 38.0 Å². The van der Waals surface area contributed by atoms with Crippen LogP contribution in [-0.4, -0.2) is 22.4 Å². The summed E-state index contributed by atoms with van der Waals surface area (Å²) in [6.45, 7) is 0. The summed E-state index contributed by atoms with van der Waals surface area (Å²) in [5, 5.41) is 12.0. The van der Waals surface area contributed by atoms with Crippen LogP contribution in [0.5, 0.6) is 0 Å². The van der Waals surface area contributed by atoms with Gasteiger partial charge in [-0.2, -0.15) is 5.06 Å². The molecule has 0 spiro atoms. The molecule has 1 N–H and O–H groups in total. The van der Waals surface area contributed by atoms with Gasteiger partial charge in [0.1, 0.15) is 0 Å². The number of hydrogen-bond acceptors (Lipinski definition) is 2. The fourth-order valence-electron chi connectivity index (χ4n) is 3.68. The van der Waals surface area contributed by atoms with Gasteiger partial charge < -0.3 is 5.21 Å². The Kier molecular flexibility index (Phi) is 2.57. The predicted molar refractivity (Wildman–Crippen MR) is 59.7 cm³/mol. The third-order valence-electron chi connectivity index (χ3n) is 4.49. The van der Waals surface area contributed by atoms with E-state index in [4.69, 9.17) is 0 Å². The lowest BCUT2D eigenvalue weighted by atomic mass is 9.75. The van der Waals surface area contributed by atoms with E-state index in [0.717, 1.165) is 0 Å². The predicted octanol–water partition coefficient (Wildman–Crippen LogP) is 3.12. The zero-order chi connectivity index (χ0) is 10.3. The molecule has 3 unspecified atom stereocenters. The number of rotatable bonds is 0. The van der Waals surface area contributed by atoms with E-state index in [9.17, 15) is 5.21 Å². The van der Waals surface area contributed by atoms with Gasteiger partial charge in [0.05, 0.1) is 6.04 Å². The first-order valence-corrected chi connectivity index (χ1v) is 6.54. The Morgan fingerprint density at radius 3 is 2.80 bits per heavy atom. The molecule has 0 aromatic carbocycles. The summed E-state index contributed by atoms with van der Waals surface area (Å²) in [4.78, 5) is 0. The van der Waals surface area contributed by atoms with Crippen LogP contribution in [0, 0.1) is 5.92 Å². The van der Waals surface area contributed by atoms with Crippen LogP contribution < -0.4 is 0 Å². The molecule has 2 saturated carbocycles. The molecule has 3 aliphatic rings. The molecule has 2 nitrogen and oxygen atoms in total. The fraction of sp³-hybridized carbons (Fsp3) is 0.846. The van der Waals surface area contributed by atoms with Crippen LogP contribution in [0.4, 0.5) is 0 Å². The van der Waals surface area contributed by atoms with E-state index in [1.54, 1.807) is 5.06 Å². The van der Waals surface area contributed by atoms with Crippen molar-refractivity contribution in [2.45, 2.75) is 63.5 Å². The summed E-state index contributed by atoms with van der Waals surface area (Å²) in [6, 6.07) is 0.809. The zero-order valence-corrected chi connectivity index (χ0v) is 9.36. The van der Waals surface area contributed by atoms with E-state index in [1.165, 1.54) is 56.9 Å². The smallest absolute Gasteiger partial charge is 0.0563 e. The van der Waals surface area contributed by atoms with Gasteiger partial charge in [0.15, 0.2) is 0 Å². The van der Waals surface area contributed by atoms with Crippen LogP contribution in [0.3, 0.4) is 0 Å². The summed E-state index contributed by atoms with van der Waals surface area (Å²) < 4.78 is 0. The molecular weight excluding hydrogens is 186 g/mol. The van der Waals surface area contributed by atoms with Gasteiger partial charge in [0.25, 0.3) is 0 Å². The first-order chi connectivity index (χ1) is 7.36. The third-order valence-corrected chi connectivity index (χ3v) is 4.49. The Morgan fingerprint density at radius 1 is 1.07 bits per heavy atom. The minimum absolute atomic E-state index is 0.373. The van der Waals surface area contributed by atoms with Crippen molar-refractivity contribution in [2.75, 3.05) is 0 Å². The van der Waals surface area contributed by atoms with Crippen molar-refractivity contribution in [3.8, 4) is 0 Å². The van der Waals surface area contributed by atoms with Gasteiger partial charge in [-0.15, -0.1) is 0 Å². The summed E-state index contributed by atoms with van der Waals surface area (Å²) in [5.41, 5.74) is 1.53. The lowest BCUT2D eigenvalue weighted by molar-refractivity contribution is -0.177. The van der Waals surface area contributed by atoms with Crippen LogP contribution in [0.15, 0.2) is 11.6 Å². The van der Waals surface area contributed by atoms with Crippen LogP contribution in [-0.2, 0) is 0 Å². The second-order valence-corrected chi connectivity index (χ2v) is 5.40. The molecule has 2 aliphatic carbocycles. The minimum Gasteiger partial charge on any atom is -0.313 e. The van der Waals surface area contributed by atoms with Crippen molar-refractivity contribution in [1.82, 2.24) is 5.06 Å². The van der Waals surface area contributed by atoms with E-state index in [2.05, 4.69) is 6.08 Å². The molecule has 84 valence electrons. The second kappa shape index (κ2) is 3.91. The topological polar surface area (TPSA) is 23.5 Å². The molecule has 3 atom stereocenters. The first kappa shape index (κ1) is 9.86. The Balaban J connectivity index is 1.87. The monoisotopic (exact) mass is 207 g/mol. The highest BCUT2D eigenvalue weighted by Gasteiger charge is 2.38. The van der Waals surface area contributed by atoms with Gasteiger partial charge in [-0.3, -0.25) is 0 Å². The van der Waals surface area contributed by atoms with Crippen molar-refractivity contribution in [2.24, 2.45) is 5.92 Å². The number of hydroxylamine groups is 2. The van der Waals surface area contributed by atoms with E-state index in [1.807, 2.05) is 0 Å². The molecule has 0 amide bonds. The Morgan fingerprint density at radius 2 is 1.87 bits per heavy atom. The molecule has 0 bridgehead atoms. The molecule has 2 heteroatoms. The molecule has 0 aromatic heterocycles. The molecule has 0 aromatic rings. The first-order valence-electron chi connectivity index (χ1n) is 6.54. The normalized spacial score (nSPS) is 41.7. The Hall–Kier alpha value is -0.340. The SMILES string of the molecule is ON1C2CCCCC2=CC2CCCCC21. The highest BCUT2D eigenvalue weighted by molar-refractivity contribution is 5.20. The van der Waals surface area contributed by atoms with Gasteiger partial charge in [-0.25, -0.2) is 0 Å². The second-order valence-electron chi connectivity index (χ2n) is 5.40. The van der Waals surface area contributed by atoms with Crippen LogP contribution in [0.25, 0.3) is 0 Å². The Bertz CT molecular complexity index is 274. The quantitative estimate of drug-likeness (QED) is 0.617. The van der Waals surface area contributed by atoms with Gasteiger partial charge >= 0.3 is 0 Å². The fourth-order valence-corrected chi connectivity index (χ4v) is 3.68. The lowest BCUT2D eigenvalue weighted by Crippen LogP contribution is -2.50. The van der Waals surface area contributed by atoms with Crippen molar-refractivity contribution >= 4 is 0 Å². The largest absolute Gasteiger partial charge is 0.313 e. The summed E-state index contributed by atoms with van der Waals surface area (Å²) in [5.74, 6) is 0.646. The third kappa shape index (κ3) is 1.64. The molecule has 15 heavy (non-hydrogen) atoms. The minimum atomic E-state index is 0.373. The summed E-state index contributed by atoms with van der Waals surface area (Å²) >= 11 is 0. The van der Waals surface area contributed by atoms with Gasteiger partial charge in [0.2, 0.25) is 0 Å². The van der Waals surface area contributed by atoms with Crippen molar-refractivity contribution in [3.05, 3.63) is 11.6 Å². The molecule has 3 rings (SSSR count). The highest BCUT2D eigenvalue weighted by Crippen LogP contribution is 2.40. The maximum absolute atomic E-state index is 10.3. The molecule has 1 aliphatic heterocycles. The number of hydrogen-bond donors (Lipinski definition) is 1. The van der Waals surface area contributed by atoms with E-state index < -0.39 is 0 Å². The van der Waals surface area contributed by atoms with Gasteiger partial charge in [0, 0.05) is 6.04 Å². The molecule has 0 saturated heterocycles. The summed E-state index contributed by atoms with van der Waals surface area (Å²) in [6.07, 6.45) is 12.7. The summed E-state index contributed by atoms with van der Waals surface area (Å²) in [7, 11) is 0. The van der Waals surface area contributed by atoms with Crippen molar-refractivity contribution in [1.29, 1.82) is 0 Å². The van der Waals surface area contributed by atoms with E-state index >= 15 is 0 Å². The average molecular weight is 207 g/mol. The maximum Gasteiger partial charge on any atom is 0.0563 e. The molecular formula is C13H21NO. The molecule has 1 heterocycles. The van der Waals surface area contributed by atoms with E-state index in [-0.39, 0.29) is 0 Å². The standard InChI is InChI=1S/C13H21NO/c15-14-12-7-3-1-5-10(12)9-11-6-2-4-8-13(11)14/h9-10,12-13,15H,1-8H2. The maximum atomic E-state index is 10.3. The average Bonchev–Trinajstić information content (AvgIpc) is 2.30. The number of fused-ring (bicyclic) bond motifs is 2. The highest BCUT2D eigenvalue weighted by atomic mass is 16.5. The van der Waals surface area contributed by atoms with Crippen molar-refractivity contribution < 1.29 is 5.21 Å². The van der Waals surface area contributed by atoms with Crippen LogP contribution in [0.1, 0.15) is 51.4 Å². The van der Waals surface area contributed by atoms with E-state index in [0.29, 0.717) is 18.0 Å². The molecule has 2 fully saturated rings. The van der Waals surface area contributed by atoms with Gasteiger partial charge in [-0.1, -0.05) is 30.9 Å². The van der Waals surface area contributed by atoms with Crippen molar-refractivity contribution in [3.63, 3.8) is 0 Å². The number of nitrogens with zero attached hydrogens (tertiary/aromatic N) is 1. The zero-order valence-electron chi connectivity index (χ0n) is 9.36. The lowest BCUT2D eigenvalue weighted by Gasteiger charge is -2.46.